The summed E-state index contributed by atoms with van der Waals surface area (Å²) in [7, 11) is 1.52. The zero-order valence-corrected chi connectivity index (χ0v) is 15.6. The SMILES string of the molecule is COc1ccc(Cl)cc1N1CC(C(=O)Nc2nc(CCl)cs2)CC1=O. The Morgan fingerprint density at radius 3 is 3.00 bits per heavy atom. The number of thiazole rings is 1. The number of alkyl halides is 1. The van der Waals surface area contributed by atoms with Crippen molar-refractivity contribution >= 4 is 57.2 Å². The molecule has 1 unspecified atom stereocenters. The highest BCUT2D eigenvalue weighted by atomic mass is 35.5. The van der Waals surface area contributed by atoms with E-state index in [0.717, 1.165) is 0 Å². The fourth-order valence-electron chi connectivity index (χ4n) is 2.62. The van der Waals surface area contributed by atoms with E-state index >= 15 is 0 Å². The van der Waals surface area contributed by atoms with E-state index < -0.39 is 5.92 Å². The molecule has 2 amide bonds. The van der Waals surface area contributed by atoms with Gasteiger partial charge in [0.25, 0.3) is 0 Å². The molecule has 1 aliphatic rings. The molecule has 0 spiro atoms. The molecule has 132 valence electrons. The monoisotopic (exact) mass is 399 g/mol. The Kier molecular flexibility index (Phi) is 5.46. The third kappa shape index (κ3) is 3.89. The predicted molar refractivity (Wildman–Crippen MR) is 98.8 cm³/mol. The van der Waals surface area contributed by atoms with Crippen molar-refractivity contribution in [3.8, 4) is 5.75 Å². The second kappa shape index (κ2) is 7.59. The number of halogens is 2. The van der Waals surface area contributed by atoms with E-state index in [9.17, 15) is 9.59 Å². The van der Waals surface area contributed by atoms with E-state index in [1.54, 1.807) is 23.6 Å². The number of ether oxygens (including phenoxy) is 1. The lowest BCUT2D eigenvalue weighted by molar-refractivity contribution is -0.122. The summed E-state index contributed by atoms with van der Waals surface area (Å²) in [6.45, 7) is 0.259. The van der Waals surface area contributed by atoms with Crippen LogP contribution in [0.2, 0.25) is 5.02 Å². The summed E-state index contributed by atoms with van der Waals surface area (Å²) in [4.78, 5) is 30.6. The van der Waals surface area contributed by atoms with Crippen molar-refractivity contribution in [3.63, 3.8) is 0 Å². The Morgan fingerprint density at radius 2 is 2.32 bits per heavy atom. The number of aromatic nitrogens is 1. The number of rotatable bonds is 5. The van der Waals surface area contributed by atoms with Crippen LogP contribution >= 0.6 is 34.5 Å². The lowest BCUT2D eigenvalue weighted by Crippen LogP contribution is -2.28. The van der Waals surface area contributed by atoms with Gasteiger partial charge in [0.05, 0.1) is 30.3 Å². The highest BCUT2D eigenvalue weighted by Crippen LogP contribution is 2.35. The third-order valence-electron chi connectivity index (χ3n) is 3.85. The zero-order valence-electron chi connectivity index (χ0n) is 13.3. The van der Waals surface area contributed by atoms with Crippen LogP contribution in [0.4, 0.5) is 10.8 Å². The third-order valence-corrected chi connectivity index (χ3v) is 5.16. The van der Waals surface area contributed by atoms with Crippen LogP contribution in [0.3, 0.4) is 0 Å². The van der Waals surface area contributed by atoms with Gasteiger partial charge in [-0.1, -0.05) is 11.6 Å². The maximum Gasteiger partial charge on any atom is 0.231 e. The second-order valence-electron chi connectivity index (χ2n) is 5.49. The molecule has 0 bridgehead atoms. The maximum absolute atomic E-state index is 12.4. The summed E-state index contributed by atoms with van der Waals surface area (Å²) >= 11 is 13.0. The number of benzene rings is 1. The van der Waals surface area contributed by atoms with Crippen LogP contribution in [0, 0.1) is 5.92 Å². The molecule has 0 aliphatic carbocycles. The maximum atomic E-state index is 12.4. The van der Waals surface area contributed by atoms with Crippen molar-refractivity contribution in [1.82, 2.24) is 4.98 Å². The van der Waals surface area contributed by atoms with Crippen LogP contribution in [-0.4, -0.2) is 30.5 Å². The highest BCUT2D eigenvalue weighted by molar-refractivity contribution is 7.14. The molecule has 0 radical (unpaired) electrons. The molecule has 9 heteroatoms. The Labute approximate surface area is 158 Å². The van der Waals surface area contributed by atoms with Crippen LogP contribution < -0.4 is 15.0 Å². The van der Waals surface area contributed by atoms with Gasteiger partial charge in [0.2, 0.25) is 11.8 Å². The van der Waals surface area contributed by atoms with E-state index in [1.165, 1.54) is 23.3 Å². The minimum absolute atomic E-state index is 0.120. The topological polar surface area (TPSA) is 71.5 Å². The average molecular weight is 400 g/mol. The van der Waals surface area contributed by atoms with E-state index in [2.05, 4.69) is 10.3 Å². The molecule has 1 fully saturated rings. The molecule has 25 heavy (non-hydrogen) atoms. The molecule has 2 heterocycles. The molecule has 6 nitrogen and oxygen atoms in total. The van der Waals surface area contributed by atoms with E-state index in [-0.39, 0.29) is 30.7 Å². The van der Waals surface area contributed by atoms with Crippen molar-refractivity contribution in [2.45, 2.75) is 12.3 Å². The number of hydrogen-bond acceptors (Lipinski definition) is 5. The predicted octanol–water partition coefficient (Wildman–Crippen LogP) is 3.54. The molecule has 3 rings (SSSR count). The first kappa shape index (κ1) is 18.0. The van der Waals surface area contributed by atoms with Gasteiger partial charge in [0, 0.05) is 23.4 Å². The molecular formula is C16H15Cl2N3O3S. The minimum Gasteiger partial charge on any atom is -0.495 e. The molecule has 1 atom stereocenters. The summed E-state index contributed by atoms with van der Waals surface area (Å²) < 4.78 is 5.29. The molecule has 1 aliphatic heterocycles. The molecule has 2 aromatic rings. The van der Waals surface area contributed by atoms with Crippen LogP contribution in [0.5, 0.6) is 5.75 Å². The summed E-state index contributed by atoms with van der Waals surface area (Å²) in [5.74, 6) is -0.0463. The van der Waals surface area contributed by atoms with Crippen molar-refractivity contribution < 1.29 is 14.3 Å². The molecular weight excluding hydrogens is 385 g/mol. The average Bonchev–Trinajstić information content (AvgIpc) is 3.21. The van der Waals surface area contributed by atoms with Gasteiger partial charge >= 0.3 is 0 Å². The Balaban J connectivity index is 1.74. The number of nitrogens with one attached hydrogen (secondary N) is 1. The second-order valence-corrected chi connectivity index (χ2v) is 7.05. The van der Waals surface area contributed by atoms with Crippen molar-refractivity contribution in [1.29, 1.82) is 0 Å². The summed E-state index contributed by atoms with van der Waals surface area (Å²) in [5.41, 5.74) is 1.27. The van der Waals surface area contributed by atoms with Crippen LogP contribution in [-0.2, 0) is 15.5 Å². The normalized spacial score (nSPS) is 17.0. The molecule has 1 aromatic carbocycles. The standard InChI is InChI=1S/C16H15Cl2N3O3S/c1-24-13-3-2-10(18)5-12(13)21-7-9(4-14(21)22)15(23)20-16-19-11(6-17)8-25-16/h2-3,5,8-9H,4,6-7H2,1H3,(H,19,20,23). The molecule has 1 N–H and O–H groups in total. The van der Waals surface area contributed by atoms with Gasteiger partial charge in [-0.2, -0.15) is 0 Å². The fraction of sp³-hybridized carbons (Fsp3) is 0.312. The number of carbonyl (C=O) groups excluding carboxylic acids is 2. The van der Waals surface area contributed by atoms with Gasteiger partial charge < -0.3 is 15.0 Å². The van der Waals surface area contributed by atoms with E-state index in [1.807, 2.05) is 0 Å². The number of methoxy groups -OCH3 is 1. The first-order valence-corrected chi connectivity index (χ1v) is 9.26. The lowest BCUT2D eigenvalue weighted by Gasteiger charge is -2.19. The minimum atomic E-state index is -0.473. The van der Waals surface area contributed by atoms with Crippen molar-refractivity contribution in [2.24, 2.45) is 5.92 Å². The summed E-state index contributed by atoms with van der Waals surface area (Å²) in [6.07, 6.45) is 0.120. The largest absolute Gasteiger partial charge is 0.495 e. The number of amides is 2. The van der Waals surface area contributed by atoms with Gasteiger partial charge in [-0.15, -0.1) is 22.9 Å². The number of anilines is 2. The number of carbonyl (C=O) groups is 2. The summed E-state index contributed by atoms with van der Waals surface area (Å²) in [5, 5.41) is 5.50. The van der Waals surface area contributed by atoms with E-state index in [0.29, 0.717) is 27.3 Å². The fourth-order valence-corrected chi connectivity index (χ4v) is 3.73. The van der Waals surface area contributed by atoms with Gasteiger partial charge in [0.15, 0.2) is 5.13 Å². The first-order chi connectivity index (χ1) is 12.0. The number of nitrogens with zero attached hydrogens (tertiary/aromatic N) is 2. The van der Waals surface area contributed by atoms with Crippen molar-refractivity contribution in [2.75, 3.05) is 23.9 Å². The molecule has 0 saturated carbocycles. The quantitative estimate of drug-likeness (QED) is 0.780. The van der Waals surface area contributed by atoms with Crippen LogP contribution in [0.1, 0.15) is 12.1 Å². The highest BCUT2D eigenvalue weighted by Gasteiger charge is 2.36. The zero-order chi connectivity index (χ0) is 18.0. The Morgan fingerprint density at radius 1 is 1.52 bits per heavy atom. The van der Waals surface area contributed by atoms with Crippen LogP contribution in [0.15, 0.2) is 23.6 Å². The van der Waals surface area contributed by atoms with E-state index in [4.69, 9.17) is 27.9 Å². The van der Waals surface area contributed by atoms with Gasteiger partial charge in [-0.05, 0) is 18.2 Å². The number of hydrogen-bond donors (Lipinski definition) is 1. The first-order valence-electron chi connectivity index (χ1n) is 7.47. The molecule has 1 aromatic heterocycles. The Hall–Kier alpha value is -1.83. The van der Waals surface area contributed by atoms with Crippen molar-refractivity contribution in [3.05, 3.63) is 34.3 Å². The van der Waals surface area contributed by atoms with Gasteiger partial charge in [-0.3, -0.25) is 9.59 Å². The Bertz CT molecular complexity index is 812. The van der Waals surface area contributed by atoms with Gasteiger partial charge in [0.1, 0.15) is 5.75 Å². The van der Waals surface area contributed by atoms with Crippen LogP contribution in [0.25, 0.3) is 0 Å². The lowest BCUT2D eigenvalue weighted by atomic mass is 10.1. The smallest absolute Gasteiger partial charge is 0.231 e. The molecule has 1 saturated heterocycles. The van der Waals surface area contributed by atoms with Gasteiger partial charge in [-0.25, -0.2) is 4.98 Å². The summed E-state index contributed by atoms with van der Waals surface area (Å²) in [6, 6.07) is 5.04.